The number of phenols is 1. The molecule has 42 heavy (non-hydrogen) atoms. The van der Waals surface area contributed by atoms with Crippen LogP contribution in [0, 0.1) is 29.6 Å². The molecule has 11 nitrogen and oxygen atoms in total. The number of carbonyl (C=O) groups excluding carboxylic acids is 6. The van der Waals surface area contributed by atoms with Crippen LogP contribution in [0.15, 0.2) is 36.4 Å². The molecule has 0 aliphatic heterocycles. The molecule has 0 saturated heterocycles. The number of fused-ring (bicyclic) bond motifs is 3. The van der Waals surface area contributed by atoms with Crippen LogP contribution < -0.4 is 11.1 Å². The van der Waals surface area contributed by atoms with Crippen molar-refractivity contribution in [1.29, 1.82) is 0 Å². The highest BCUT2D eigenvalue weighted by Crippen LogP contribution is 2.51. The van der Waals surface area contributed by atoms with Crippen molar-refractivity contribution in [2.24, 2.45) is 35.3 Å². The molecule has 2 unspecified atom stereocenters. The Kier molecular flexibility index (Phi) is 6.43. The Bertz CT molecular complexity index is 1580. The maximum absolute atomic E-state index is 13.9. The molecule has 0 spiro atoms. The molecule has 6 rings (SSSR count). The number of nitrogens with one attached hydrogen (secondary N) is 1. The van der Waals surface area contributed by atoms with Crippen LogP contribution in [0.2, 0.25) is 0 Å². The predicted molar refractivity (Wildman–Crippen MR) is 148 cm³/mol. The fourth-order valence-electron chi connectivity index (χ4n) is 7.20. The maximum Gasteiger partial charge on any atom is 0.235 e. The lowest BCUT2D eigenvalue weighted by Gasteiger charge is -2.52. The Morgan fingerprint density at radius 2 is 1.67 bits per heavy atom. The van der Waals surface area contributed by atoms with E-state index < -0.39 is 64.4 Å². The Labute approximate surface area is 241 Å². The zero-order valence-electron chi connectivity index (χ0n) is 23.1. The Hall–Kier alpha value is -4.22. The van der Waals surface area contributed by atoms with E-state index in [1.54, 1.807) is 44.4 Å². The van der Waals surface area contributed by atoms with Crippen LogP contribution in [0.3, 0.4) is 0 Å². The first-order valence-corrected chi connectivity index (χ1v) is 14.0. The van der Waals surface area contributed by atoms with Gasteiger partial charge in [0.25, 0.3) is 0 Å². The number of primary amides is 1. The zero-order valence-corrected chi connectivity index (χ0v) is 23.1. The van der Waals surface area contributed by atoms with Crippen molar-refractivity contribution in [2.75, 3.05) is 19.4 Å². The lowest BCUT2D eigenvalue weighted by molar-refractivity contribution is -0.181. The minimum atomic E-state index is -2.76. The minimum Gasteiger partial charge on any atom is -0.507 e. The van der Waals surface area contributed by atoms with Gasteiger partial charge in [-0.25, -0.2) is 0 Å². The topological polar surface area (TPSA) is 184 Å². The predicted octanol–water partition coefficient (Wildman–Crippen LogP) is 0.883. The summed E-state index contributed by atoms with van der Waals surface area (Å²) >= 11 is 0. The summed E-state index contributed by atoms with van der Waals surface area (Å²) in [5.74, 6) is -10.8. The van der Waals surface area contributed by atoms with Gasteiger partial charge < -0.3 is 21.3 Å². The maximum atomic E-state index is 13.9. The first kappa shape index (κ1) is 27.9. The summed E-state index contributed by atoms with van der Waals surface area (Å²) in [7, 11) is 3.09. The molecule has 218 valence electrons. The van der Waals surface area contributed by atoms with E-state index in [4.69, 9.17) is 5.73 Å². The number of likely N-dealkylation sites (N-methyl/N-ethyl adjacent to an activating group) is 1. The molecule has 3 saturated carbocycles. The average molecular weight is 574 g/mol. The van der Waals surface area contributed by atoms with Crippen molar-refractivity contribution < 1.29 is 39.0 Å². The van der Waals surface area contributed by atoms with Gasteiger partial charge in [-0.1, -0.05) is 18.2 Å². The monoisotopic (exact) mass is 573 g/mol. The quantitative estimate of drug-likeness (QED) is 0.377. The fraction of sp³-hybridized carbons (Fsp3) is 0.419. The molecule has 11 heteroatoms. The third-order valence-electron chi connectivity index (χ3n) is 9.36. The summed E-state index contributed by atoms with van der Waals surface area (Å²) in [5, 5.41) is 25.3. The Morgan fingerprint density at radius 1 is 1.00 bits per heavy atom. The number of nitrogens with two attached hydrogens (primary N) is 1. The van der Waals surface area contributed by atoms with Gasteiger partial charge in [-0.2, -0.15) is 0 Å². The molecular formula is C31H31N3O8. The van der Waals surface area contributed by atoms with Crippen LogP contribution in [0.1, 0.15) is 35.2 Å². The van der Waals surface area contributed by atoms with Crippen LogP contribution in [0.4, 0.5) is 5.69 Å². The first-order valence-electron chi connectivity index (χ1n) is 14.0. The molecule has 0 radical (unpaired) electrons. The largest absolute Gasteiger partial charge is 0.507 e. The molecule has 3 fully saturated rings. The average Bonchev–Trinajstić information content (AvgIpc) is 3.77. The lowest BCUT2D eigenvalue weighted by atomic mass is 9.52. The highest BCUT2D eigenvalue weighted by molar-refractivity contribution is 6.32. The molecule has 0 bridgehead atoms. The first-order chi connectivity index (χ1) is 19.9. The van der Waals surface area contributed by atoms with Gasteiger partial charge in [0.15, 0.2) is 34.7 Å². The number of hydrogen-bond donors (Lipinski definition) is 4. The van der Waals surface area contributed by atoms with E-state index in [-0.39, 0.29) is 36.0 Å². The number of aromatic hydroxyl groups is 1. The summed E-state index contributed by atoms with van der Waals surface area (Å²) < 4.78 is 0. The van der Waals surface area contributed by atoms with E-state index in [1.165, 1.54) is 11.0 Å². The van der Waals surface area contributed by atoms with Crippen molar-refractivity contribution in [3.05, 3.63) is 47.5 Å². The van der Waals surface area contributed by atoms with Gasteiger partial charge in [-0.15, -0.1) is 0 Å². The normalized spacial score (nSPS) is 30.4. The van der Waals surface area contributed by atoms with Crippen LogP contribution >= 0.6 is 0 Å². The van der Waals surface area contributed by atoms with Crippen LogP contribution in [0.25, 0.3) is 11.1 Å². The van der Waals surface area contributed by atoms with Gasteiger partial charge in [-0.05, 0) is 80.6 Å². The molecule has 6 atom stereocenters. The number of benzene rings is 2. The molecule has 4 aliphatic carbocycles. The van der Waals surface area contributed by atoms with Gasteiger partial charge in [-0.3, -0.25) is 33.7 Å². The summed E-state index contributed by atoms with van der Waals surface area (Å²) in [6, 6.07) is 8.96. The molecule has 2 amide bonds. The van der Waals surface area contributed by atoms with Crippen LogP contribution in [-0.2, 0) is 30.4 Å². The summed E-state index contributed by atoms with van der Waals surface area (Å²) in [5.41, 5.74) is 5.05. The summed E-state index contributed by atoms with van der Waals surface area (Å²) in [6.07, 6.45) is 1.90. The second-order valence-electron chi connectivity index (χ2n) is 12.1. The molecule has 4 aliphatic rings. The summed E-state index contributed by atoms with van der Waals surface area (Å²) in [6.45, 7) is 0. The van der Waals surface area contributed by atoms with Crippen molar-refractivity contribution in [2.45, 2.75) is 37.3 Å². The van der Waals surface area contributed by atoms with E-state index in [9.17, 15) is 39.0 Å². The number of rotatable bonds is 5. The van der Waals surface area contributed by atoms with Crippen molar-refractivity contribution in [3.8, 4) is 16.9 Å². The second-order valence-corrected chi connectivity index (χ2v) is 12.1. The Balaban J connectivity index is 1.39. The van der Waals surface area contributed by atoms with E-state index in [2.05, 4.69) is 5.32 Å². The smallest absolute Gasteiger partial charge is 0.235 e. The van der Waals surface area contributed by atoms with E-state index >= 15 is 0 Å². The molecule has 0 heterocycles. The third kappa shape index (κ3) is 4.02. The highest BCUT2D eigenvalue weighted by Gasteiger charge is 2.69. The minimum absolute atomic E-state index is 0.0227. The molecule has 5 N–H and O–H groups in total. The fourth-order valence-corrected chi connectivity index (χ4v) is 7.20. The number of Topliss-reactive ketones (excluding diaryl/α,β-unsaturated/α-hetero) is 4. The van der Waals surface area contributed by atoms with E-state index in [1.807, 2.05) is 0 Å². The SMILES string of the molecule is CN(C)[C@H]1C(=O)C(C(N)=O)C(=O)[C@]2(O)C(=O)C3C(=O)c4c(O)ccc(-c5ccc(NC(=O)C6CC6)cc5)c4C[C@@H]3C[C@H]12. The number of nitrogens with zero attached hydrogens (tertiary/aromatic N) is 1. The molecule has 2 aromatic rings. The number of aliphatic hydroxyl groups is 1. The molecule has 0 aromatic heterocycles. The standard InChI is InChI=1S/C31H31N3O8/c1-34(2)24-19-12-15-11-18-17(13-5-7-16(8-6-13)33-30(41)14-3-4-14)9-10-20(35)22(18)25(36)21(15)27(38)31(19,42)28(39)23(26(24)37)29(32)40/h5-10,14-15,19,21,23-24,35,42H,3-4,11-12H2,1-2H3,(H2,32,40)(H,33,41)/t15-,19-,21?,23?,24-,31-/m1/s1. The van der Waals surface area contributed by atoms with Gasteiger partial charge in [0, 0.05) is 17.5 Å². The number of phenolic OH excluding ortho intramolecular Hbond substituents is 1. The number of amides is 2. The number of carbonyl (C=O) groups is 6. The van der Waals surface area contributed by atoms with Crippen LogP contribution in [-0.4, -0.2) is 75.8 Å². The number of anilines is 1. The number of hydrogen-bond acceptors (Lipinski definition) is 9. The van der Waals surface area contributed by atoms with Crippen molar-refractivity contribution in [3.63, 3.8) is 0 Å². The van der Waals surface area contributed by atoms with E-state index in [0.717, 1.165) is 18.4 Å². The van der Waals surface area contributed by atoms with Gasteiger partial charge in [0.1, 0.15) is 5.75 Å². The zero-order chi connectivity index (χ0) is 30.2. The van der Waals surface area contributed by atoms with Crippen LogP contribution in [0.5, 0.6) is 5.75 Å². The lowest BCUT2D eigenvalue weighted by Crippen LogP contribution is -2.74. The van der Waals surface area contributed by atoms with Gasteiger partial charge in [0.05, 0.1) is 17.5 Å². The number of ketones is 4. The van der Waals surface area contributed by atoms with Crippen molar-refractivity contribution in [1.82, 2.24) is 4.90 Å². The second kappa shape index (κ2) is 9.67. The van der Waals surface area contributed by atoms with Crippen molar-refractivity contribution >= 4 is 40.6 Å². The van der Waals surface area contributed by atoms with Gasteiger partial charge >= 0.3 is 0 Å². The molecule has 2 aromatic carbocycles. The van der Waals surface area contributed by atoms with Gasteiger partial charge in [0.2, 0.25) is 11.8 Å². The Morgan fingerprint density at radius 3 is 2.26 bits per heavy atom. The summed E-state index contributed by atoms with van der Waals surface area (Å²) in [4.78, 5) is 80.2. The third-order valence-corrected chi connectivity index (χ3v) is 9.36. The van der Waals surface area contributed by atoms with E-state index in [0.29, 0.717) is 16.8 Å². The highest BCUT2D eigenvalue weighted by atomic mass is 16.3. The molecular weight excluding hydrogens is 542 g/mol.